The zero-order valence-corrected chi connectivity index (χ0v) is 11.7. The van der Waals surface area contributed by atoms with Crippen LogP contribution < -0.4 is 0 Å². The van der Waals surface area contributed by atoms with Crippen LogP contribution in [0.3, 0.4) is 0 Å². The smallest absolute Gasteiger partial charge is 0.102 e. The average Bonchev–Trinajstić information content (AvgIpc) is 2.47. The Morgan fingerprint density at radius 2 is 1.55 bits per heavy atom. The Hall–Kier alpha value is -2.12. The summed E-state index contributed by atoms with van der Waals surface area (Å²) in [5.74, 6) is 0. The number of benzene rings is 2. The van der Waals surface area contributed by atoms with E-state index in [2.05, 4.69) is 6.92 Å². The van der Waals surface area contributed by atoms with Crippen LogP contribution in [-0.4, -0.2) is 10.7 Å². The summed E-state index contributed by atoms with van der Waals surface area (Å²) in [6, 6.07) is 19.8. The minimum Gasteiger partial charge on any atom is -0.382 e. The maximum Gasteiger partial charge on any atom is 0.102 e. The number of hydrogen-bond donors (Lipinski definition) is 1. The van der Waals surface area contributed by atoms with Gasteiger partial charge in [-0.25, -0.2) is 0 Å². The van der Waals surface area contributed by atoms with E-state index in [4.69, 9.17) is 0 Å². The van der Waals surface area contributed by atoms with E-state index in [0.29, 0.717) is 0 Å². The van der Waals surface area contributed by atoms with Gasteiger partial charge in [0.2, 0.25) is 0 Å². The predicted molar refractivity (Wildman–Crippen MR) is 85.9 cm³/mol. The molecule has 2 aromatic rings. The van der Waals surface area contributed by atoms with Gasteiger partial charge in [0.05, 0.1) is 0 Å². The Labute approximate surface area is 120 Å². The zero-order chi connectivity index (χ0) is 14.4. The molecular formula is C19H19O. The van der Waals surface area contributed by atoms with Gasteiger partial charge in [-0.05, 0) is 42.7 Å². The molecule has 1 N–H and O–H groups in total. The summed E-state index contributed by atoms with van der Waals surface area (Å²) in [7, 11) is 0. The Morgan fingerprint density at radius 1 is 1.00 bits per heavy atom. The summed E-state index contributed by atoms with van der Waals surface area (Å²) in [5, 5.41) is 10.3. The lowest BCUT2D eigenvalue weighted by molar-refractivity contribution is 0.193. The molecule has 101 valence electrons. The topological polar surface area (TPSA) is 20.2 Å². The maximum absolute atomic E-state index is 10.3. The normalized spacial score (nSPS) is 15.2. The van der Waals surface area contributed by atoms with E-state index in [1.807, 2.05) is 73.7 Å². The molecule has 0 amide bonds. The van der Waals surface area contributed by atoms with E-state index in [0.717, 1.165) is 16.7 Å². The van der Waals surface area contributed by atoms with Crippen LogP contribution in [0.4, 0.5) is 0 Å². The first kappa shape index (κ1) is 14.3. The maximum atomic E-state index is 10.3. The fraction of sp³-hybridized carbons (Fsp3) is 0.105. The summed E-state index contributed by atoms with van der Waals surface area (Å²) in [6.07, 6.45) is 5.35. The third-order valence-corrected chi connectivity index (χ3v) is 3.06. The molecule has 2 aromatic carbocycles. The molecule has 1 radical (unpaired) electrons. The summed E-state index contributed by atoms with van der Waals surface area (Å²) >= 11 is 0. The van der Waals surface area contributed by atoms with Gasteiger partial charge in [0.15, 0.2) is 0 Å². The van der Waals surface area contributed by atoms with Crippen LogP contribution in [0, 0.1) is 6.92 Å². The fourth-order valence-electron chi connectivity index (χ4n) is 2.01. The zero-order valence-electron chi connectivity index (χ0n) is 11.7. The quantitative estimate of drug-likeness (QED) is 0.868. The summed E-state index contributed by atoms with van der Waals surface area (Å²) in [5.41, 5.74) is 1.92. The van der Waals surface area contributed by atoms with E-state index in [9.17, 15) is 5.11 Å². The van der Waals surface area contributed by atoms with Gasteiger partial charge >= 0.3 is 0 Å². The second-order valence-electron chi connectivity index (χ2n) is 4.93. The van der Waals surface area contributed by atoms with E-state index < -0.39 is 5.60 Å². The Morgan fingerprint density at radius 3 is 2.15 bits per heavy atom. The molecule has 1 heteroatoms. The molecule has 1 nitrogen and oxygen atoms in total. The summed E-state index contributed by atoms with van der Waals surface area (Å²) in [4.78, 5) is 0. The molecule has 0 aliphatic heterocycles. The first-order valence-corrected chi connectivity index (χ1v) is 6.64. The number of aliphatic hydroxyl groups is 1. The minimum absolute atomic E-state index is 1.00. The molecule has 0 fully saturated rings. The van der Waals surface area contributed by atoms with Crippen molar-refractivity contribution in [3.63, 3.8) is 0 Å². The highest BCUT2D eigenvalue weighted by Crippen LogP contribution is 2.19. The third kappa shape index (κ3) is 4.22. The van der Waals surface area contributed by atoms with Gasteiger partial charge < -0.3 is 5.11 Å². The van der Waals surface area contributed by atoms with Crippen LogP contribution >= 0.6 is 0 Å². The average molecular weight is 263 g/mol. The van der Waals surface area contributed by atoms with Gasteiger partial charge in [0.1, 0.15) is 5.60 Å². The van der Waals surface area contributed by atoms with Crippen LogP contribution in [0.2, 0.25) is 0 Å². The van der Waals surface area contributed by atoms with Crippen molar-refractivity contribution < 1.29 is 5.11 Å². The molecule has 0 aliphatic rings. The number of allylic oxidation sites excluding steroid dienone is 1. The fourth-order valence-corrected chi connectivity index (χ4v) is 2.01. The Balaban J connectivity index is 2.17. The van der Waals surface area contributed by atoms with E-state index in [1.54, 1.807) is 12.2 Å². The van der Waals surface area contributed by atoms with Crippen LogP contribution in [0.5, 0.6) is 0 Å². The molecule has 0 heterocycles. The SMILES string of the molecule is [CH2]C(O)(C=Cc1ccccc1)C=C(C)c1ccccc1. The molecule has 0 aromatic heterocycles. The van der Waals surface area contributed by atoms with Gasteiger partial charge in [-0.1, -0.05) is 66.7 Å². The third-order valence-electron chi connectivity index (χ3n) is 3.06. The van der Waals surface area contributed by atoms with Crippen molar-refractivity contribution in [1.82, 2.24) is 0 Å². The lowest BCUT2D eigenvalue weighted by Crippen LogP contribution is -2.17. The first-order valence-electron chi connectivity index (χ1n) is 6.64. The molecular weight excluding hydrogens is 244 g/mol. The van der Waals surface area contributed by atoms with Crippen molar-refractivity contribution in [2.75, 3.05) is 0 Å². The molecule has 1 atom stereocenters. The molecule has 20 heavy (non-hydrogen) atoms. The van der Waals surface area contributed by atoms with E-state index >= 15 is 0 Å². The molecule has 2 rings (SSSR count). The second kappa shape index (κ2) is 6.36. The standard InChI is InChI=1S/C19H19O/c1-16(18-11-7-4-8-12-18)15-19(2,20)14-13-17-9-5-3-6-10-17/h3-15,20H,2H2,1H3. The van der Waals surface area contributed by atoms with E-state index in [1.165, 1.54) is 0 Å². The van der Waals surface area contributed by atoms with Gasteiger partial charge in [-0.2, -0.15) is 0 Å². The predicted octanol–water partition coefficient (Wildman–Crippen LogP) is 4.37. The molecule has 0 bridgehead atoms. The molecule has 0 aliphatic carbocycles. The highest BCUT2D eigenvalue weighted by Gasteiger charge is 2.13. The van der Waals surface area contributed by atoms with Crippen molar-refractivity contribution in [2.45, 2.75) is 12.5 Å². The lowest BCUT2D eigenvalue weighted by atomic mass is 9.98. The van der Waals surface area contributed by atoms with Crippen LogP contribution in [0.15, 0.2) is 72.8 Å². The lowest BCUT2D eigenvalue weighted by Gasteiger charge is -2.15. The number of hydrogen-bond acceptors (Lipinski definition) is 1. The van der Waals surface area contributed by atoms with Crippen LogP contribution in [0.1, 0.15) is 18.1 Å². The molecule has 0 spiro atoms. The minimum atomic E-state index is -1.21. The molecule has 0 saturated carbocycles. The van der Waals surface area contributed by atoms with Crippen LogP contribution in [0.25, 0.3) is 11.6 Å². The Bertz CT molecular complexity index is 592. The van der Waals surface area contributed by atoms with Gasteiger partial charge in [0.25, 0.3) is 0 Å². The second-order valence-corrected chi connectivity index (χ2v) is 4.93. The van der Waals surface area contributed by atoms with E-state index in [-0.39, 0.29) is 0 Å². The monoisotopic (exact) mass is 263 g/mol. The van der Waals surface area contributed by atoms with Crippen molar-refractivity contribution in [3.8, 4) is 0 Å². The molecule has 0 saturated heterocycles. The first-order chi connectivity index (χ1) is 9.57. The van der Waals surface area contributed by atoms with Crippen molar-refractivity contribution >= 4 is 11.6 Å². The van der Waals surface area contributed by atoms with Gasteiger partial charge in [-0.15, -0.1) is 0 Å². The summed E-state index contributed by atoms with van der Waals surface area (Å²) in [6.45, 7) is 5.82. The van der Waals surface area contributed by atoms with Crippen molar-refractivity contribution in [1.29, 1.82) is 0 Å². The van der Waals surface area contributed by atoms with Gasteiger partial charge in [-0.3, -0.25) is 0 Å². The summed E-state index contributed by atoms with van der Waals surface area (Å²) < 4.78 is 0. The number of rotatable bonds is 4. The van der Waals surface area contributed by atoms with Crippen molar-refractivity contribution in [2.24, 2.45) is 0 Å². The van der Waals surface area contributed by atoms with Crippen LogP contribution in [-0.2, 0) is 0 Å². The molecule has 1 unspecified atom stereocenters. The largest absolute Gasteiger partial charge is 0.382 e. The highest BCUT2D eigenvalue weighted by molar-refractivity contribution is 5.66. The Kier molecular flexibility index (Phi) is 4.54. The van der Waals surface area contributed by atoms with Crippen molar-refractivity contribution in [3.05, 3.63) is 90.9 Å². The van der Waals surface area contributed by atoms with Gasteiger partial charge in [0, 0.05) is 0 Å². The highest BCUT2D eigenvalue weighted by atomic mass is 16.3.